The molecule has 0 aliphatic heterocycles. The van der Waals surface area contributed by atoms with Crippen molar-refractivity contribution in [2.24, 2.45) is 0 Å². The second-order valence-electron chi connectivity index (χ2n) is 5.40. The van der Waals surface area contributed by atoms with Crippen LogP contribution in [-0.2, 0) is 6.54 Å². The van der Waals surface area contributed by atoms with Crippen LogP contribution in [0, 0.1) is 24.4 Å². The zero-order valence-corrected chi connectivity index (χ0v) is 12.3. The summed E-state index contributed by atoms with van der Waals surface area (Å²) in [5.41, 5.74) is 0.829. The van der Waals surface area contributed by atoms with Gasteiger partial charge >= 0.3 is 0 Å². The van der Waals surface area contributed by atoms with Crippen LogP contribution < -0.4 is 5.32 Å². The van der Waals surface area contributed by atoms with Crippen LogP contribution in [0.15, 0.2) is 30.3 Å². The third kappa shape index (κ3) is 3.45. The third-order valence-corrected chi connectivity index (χ3v) is 3.33. The molecule has 0 heterocycles. The topological polar surface area (TPSA) is 12.0 Å². The van der Waals surface area contributed by atoms with Crippen molar-refractivity contribution >= 4 is 0 Å². The number of halogens is 3. The average molecular weight is 293 g/mol. The fourth-order valence-electron chi connectivity index (χ4n) is 2.08. The highest BCUT2D eigenvalue weighted by Crippen LogP contribution is 2.29. The molecular weight excluding hydrogens is 275 g/mol. The minimum atomic E-state index is -0.689. The number of hydrogen-bond acceptors (Lipinski definition) is 1. The van der Waals surface area contributed by atoms with Crippen molar-refractivity contribution in [3.63, 3.8) is 0 Å². The van der Waals surface area contributed by atoms with Crippen molar-refractivity contribution in [1.29, 1.82) is 0 Å². The van der Waals surface area contributed by atoms with E-state index in [2.05, 4.69) is 5.32 Å². The van der Waals surface area contributed by atoms with Crippen LogP contribution in [0.3, 0.4) is 0 Å². The summed E-state index contributed by atoms with van der Waals surface area (Å²) in [6, 6.07) is 7.07. The Morgan fingerprint density at radius 1 is 1.00 bits per heavy atom. The van der Waals surface area contributed by atoms with Crippen LogP contribution in [0.1, 0.15) is 25.0 Å². The quantitative estimate of drug-likeness (QED) is 0.870. The highest BCUT2D eigenvalue weighted by atomic mass is 19.1. The molecule has 0 aromatic heterocycles. The number of hydrogen-bond donors (Lipinski definition) is 1. The Labute approximate surface area is 122 Å². The lowest BCUT2D eigenvalue weighted by atomic mass is 10.00. The summed E-state index contributed by atoms with van der Waals surface area (Å²) in [6.07, 6.45) is 0. The Bertz CT molecular complexity index is 651. The Balaban J connectivity index is 2.39. The van der Waals surface area contributed by atoms with E-state index in [1.165, 1.54) is 18.2 Å². The van der Waals surface area contributed by atoms with Gasteiger partial charge in [0.2, 0.25) is 0 Å². The molecule has 0 unspecified atom stereocenters. The van der Waals surface area contributed by atoms with Crippen LogP contribution in [0.4, 0.5) is 13.2 Å². The molecule has 0 aliphatic carbocycles. The van der Waals surface area contributed by atoms with Crippen molar-refractivity contribution in [2.75, 3.05) is 0 Å². The van der Waals surface area contributed by atoms with E-state index in [9.17, 15) is 13.2 Å². The van der Waals surface area contributed by atoms with E-state index in [1.54, 1.807) is 19.1 Å². The average Bonchev–Trinajstić information content (AvgIpc) is 2.42. The van der Waals surface area contributed by atoms with Gasteiger partial charge in [-0.05, 0) is 30.2 Å². The first-order valence-corrected chi connectivity index (χ1v) is 6.87. The summed E-state index contributed by atoms with van der Waals surface area (Å²) in [7, 11) is 0. The van der Waals surface area contributed by atoms with E-state index >= 15 is 0 Å². The number of nitrogens with one attached hydrogen (secondary N) is 1. The van der Waals surface area contributed by atoms with Crippen LogP contribution in [0.5, 0.6) is 0 Å². The Kier molecular flexibility index (Phi) is 4.68. The summed E-state index contributed by atoms with van der Waals surface area (Å²) >= 11 is 0. The Morgan fingerprint density at radius 3 is 2.33 bits per heavy atom. The summed E-state index contributed by atoms with van der Waals surface area (Å²) in [4.78, 5) is 0. The molecule has 0 aliphatic rings. The van der Waals surface area contributed by atoms with Crippen LogP contribution >= 0.6 is 0 Å². The minimum absolute atomic E-state index is 0.183. The molecule has 0 atom stereocenters. The van der Waals surface area contributed by atoms with Gasteiger partial charge in [-0.15, -0.1) is 0 Å². The first-order chi connectivity index (χ1) is 9.90. The maximum atomic E-state index is 14.1. The van der Waals surface area contributed by atoms with E-state index in [1.807, 2.05) is 13.8 Å². The van der Waals surface area contributed by atoms with Gasteiger partial charge in [0.1, 0.15) is 17.5 Å². The fourth-order valence-corrected chi connectivity index (χ4v) is 2.08. The molecule has 0 saturated heterocycles. The largest absolute Gasteiger partial charge is 0.310 e. The molecule has 2 rings (SSSR count). The molecule has 0 radical (unpaired) electrons. The predicted octanol–water partition coefficient (Wildman–Crippen LogP) is 4.58. The molecule has 0 bridgehead atoms. The normalized spacial score (nSPS) is 11.2. The second kappa shape index (κ2) is 6.31. The van der Waals surface area contributed by atoms with Gasteiger partial charge in [-0.1, -0.05) is 32.0 Å². The molecule has 0 spiro atoms. The summed E-state index contributed by atoms with van der Waals surface area (Å²) in [5.74, 6) is -1.81. The van der Waals surface area contributed by atoms with E-state index < -0.39 is 17.5 Å². The summed E-state index contributed by atoms with van der Waals surface area (Å²) in [5, 5.41) is 3.11. The monoisotopic (exact) mass is 293 g/mol. The lowest BCUT2D eigenvalue weighted by molar-refractivity contribution is 0.553. The lowest BCUT2D eigenvalue weighted by Gasteiger charge is -2.11. The maximum absolute atomic E-state index is 14.1. The third-order valence-electron chi connectivity index (χ3n) is 3.33. The zero-order valence-electron chi connectivity index (χ0n) is 12.3. The maximum Gasteiger partial charge on any atom is 0.136 e. The summed E-state index contributed by atoms with van der Waals surface area (Å²) < 4.78 is 42.0. The molecule has 1 nitrogen and oxygen atoms in total. The Hall–Kier alpha value is -1.81. The van der Waals surface area contributed by atoms with Gasteiger partial charge in [0, 0.05) is 18.2 Å². The molecule has 2 aromatic carbocycles. The second-order valence-corrected chi connectivity index (χ2v) is 5.40. The fraction of sp³-hybridized carbons (Fsp3) is 0.294. The zero-order chi connectivity index (χ0) is 15.6. The van der Waals surface area contributed by atoms with Gasteiger partial charge < -0.3 is 5.32 Å². The van der Waals surface area contributed by atoms with Gasteiger partial charge in [-0.3, -0.25) is 0 Å². The predicted molar refractivity (Wildman–Crippen MR) is 78.5 cm³/mol. The van der Waals surface area contributed by atoms with Gasteiger partial charge in [0.25, 0.3) is 0 Å². The van der Waals surface area contributed by atoms with Crippen molar-refractivity contribution in [3.8, 4) is 11.1 Å². The standard InChI is InChI=1S/C17H18F3N/c1-10(2)21-9-13-6-5-12(8-15(13)19)16-14(18)7-4-11(3)17(16)20/h4-8,10,21H,9H2,1-3H3. The molecule has 0 saturated carbocycles. The van der Waals surface area contributed by atoms with Crippen molar-refractivity contribution in [1.82, 2.24) is 5.32 Å². The molecular formula is C17H18F3N. The highest BCUT2D eigenvalue weighted by Gasteiger charge is 2.15. The van der Waals surface area contributed by atoms with Crippen molar-refractivity contribution in [3.05, 3.63) is 58.9 Å². The SMILES string of the molecule is Cc1ccc(F)c(-c2ccc(CNC(C)C)c(F)c2)c1F. The highest BCUT2D eigenvalue weighted by molar-refractivity contribution is 5.66. The first-order valence-electron chi connectivity index (χ1n) is 6.87. The van der Waals surface area contributed by atoms with Crippen molar-refractivity contribution < 1.29 is 13.2 Å². The van der Waals surface area contributed by atoms with Gasteiger partial charge in [-0.25, -0.2) is 13.2 Å². The number of benzene rings is 2. The number of aryl methyl sites for hydroxylation is 1. The molecule has 21 heavy (non-hydrogen) atoms. The van der Waals surface area contributed by atoms with E-state index in [4.69, 9.17) is 0 Å². The number of rotatable bonds is 4. The van der Waals surface area contributed by atoms with E-state index in [-0.39, 0.29) is 17.2 Å². The van der Waals surface area contributed by atoms with Crippen molar-refractivity contribution in [2.45, 2.75) is 33.4 Å². The van der Waals surface area contributed by atoms with Crippen LogP contribution in [-0.4, -0.2) is 6.04 Å². The smallest absolute Gasteiger partial charge is 0.136 e. The van der Waals surface area contributed by atoms with Crippen LogP contribution in [0.25, 0.3) is 11.1 Å². The molecule has 112 valence electrons. The first kappa shape index (κ1) is 15.6. The summed E-state index contributed by atoms with van der Waals surface area (Å²) in [6.45, 7) is 5.85. The molecule has 4 heteroatoms. The van der Waals surface area contributed by atoms with Gasteiger partial charge in [-0.2, -0.15) is 0 Å². The molecule has 2 aromatic rings. The molecule has 0 fully saturated rings. The van der Waals surface area contributed by atoms with E-state index in [0.29, 0.717) is 17.7 Å². The van der Waals surface area contributed by atoms with Gasteiger partial charge in [0.15, 0.2) is 0 Å². The van der Waals surface area contributed by atoms with E-state index in [0.717, 1.165) is 0 Å². The minimum Gasteiger partial charge on any atom is -0.310 e. The van der Waals surface area contributed by atoms with Crippen LogP contribution in [0.2, 0.25) is 0 Å². The molecule has 0 amide bonds. The molecule has 1 N–H and O–H groups in total. The lowest BCUT2D eigenvalue weighted by Crippen LogP contribution is -2.22. The Morgan fingerprint density at radius 2 is 1.71 bits per heavy atom. The van der Waals surface area contributed by atoms with Gasteiger partial charge in [0.05, 0.1) is 5.56 Å².